The maximum atomic E-state index is 13.2. The Morgan fingerprint density at radius 1 is 1.03 bits per heavy atom. The molecule has 3 heterocycles. The summed E-state index contributed by atoms with van der Waals surface area (Å²) in [5.74, 6) is 0.722. The number of hydrogen-bond donors (Lipinski definition) is 1. The molecule has 5 rings (SSSR count). The highest BCUT2D eigenvalue weighted by Gasteiger charge is 2.20. The predicted octanol–water partition coefficient (Wildman–Crippen LogP) is 3.90. The molecule has 0 aliphatic carbocycles. The minimum Gasteiger partial charge on any atom is -0.340 e. The summed E-state index contributed by atoms with van der Waals surface area (Å²) < 4.78 is 3.59. The van der Waals surface area contributed by atoms with Crippen LogP contribution in [0.15, 0.2) is 66.0 Å². The summed E-state index contributed by atoms with van der Waals surface area (Å²) in [6.07, 6.45) is 7.32. The largest absolute Gasteiger partial charge is 0.340 e. The first-order chi connectivity index (χ1) is 15.1. The third-order valence-electron chi connectivity index (χ3n) is 6.06. The molecule has 7 nitrogen and oxygen atoms in total. The maximum Gasteiger partial charge on any atom is 0.332 e. The molecule has 1 aliphatic heterocycles. The normalized spacial score (nSPS) is 15.4. The van der Waals surface area contributed by atoms with Gasteiger partial charge in [-0.15, -0.1) is 0 Å². The molecule has 0 radical (unpaired) electrons. The Labute approximate surface area is 181 Å². The number of likely N-dealkylation sites (tertiary alicyclic amines) is 1. The smallest absolute Gasteiger partial charge is 0.332 e. The van der Waals surface area contributed by atoms with Crippen LogP contribution in [0.5, 0.6) is 0 Å². The summed E-state index contributed by atoms with van der Waals surface area (Å²) in [5.41, 5.74) is 3.78. The van der Waals surface area contributed by atoms with E-state index >= 15 is 0 Å². The fraction of sp³-hybridized carbons (Fsp3) is 0.292. The first-order valence-electron chi connectivity index (χ1n) is 10.7. The molecule has 1 fully saturated rings. The number of nitrogens with zero attached hydrogens (tertiary/aromatic N) is 5. The van der Waals surface area contributed by atoms with E-state index in [2.05, 4.69) is 46.3 Å². The standard InChI is InChI=1S/C24H26N6O/c1-17-4-3-5-18(14-17)27-23-21-15-20(6-7-22(21)25-16-26-23)30-13-12-29(24(30)31)19-8-10-28(2)11-9-19/h3-7,12-16,19H,8-11H2,1-2H3,(H,25,26,27). The van der Waals surface area contributed by atoms with Crippen molar-refractivity contribution >= 4 is 22.4 Å². The molecular formula is C24H26N6O. The van der Waals surface area contributed by atoms with Crippen LogP contribution in [-0.4, -0.2) is 44.1 Å². The lowest BCUT2D eigenvalue weighted by molar-refractivity contribution is 0.218. The first-order valence-corrected chi connectivity index (χ1v) is 10.7. The van der Waals surface area contributed by atoms with Gasteiger partial charge in [-0.25, -0.2) is 14.8 Å². The van der Waals surface area contributed by atoms with E-state index in [1.165, 1.54) is 5.56 Å². The van der Waals surface area contributed by atoms with Crippen LogP contribution in [0.2, 0.25) is 0 Å². The lowest BCUT2D eigenvalue weighted by Gasteiger charge is -2.29. The summed E-state index contributed by atoms with van der Waals surface area (Å²) in [7, 11) is 2.13. The molecular weight excluding hydrogens is 388 g/mol. The molecule has 0 saturated carbocycles. The number of nitrogens with one attached hydrogen (secondary N) is 1. The second kappa shape index (κ2) is 8.00. The third-order valence-corrected chi connectivity index (χ3v) is 6.06. The summed E-state index contributed by atoms with van der Waals surface area (Å²) in [6.45, 7) is 4.09. The summed E-state index contributed by atoms with van der Waals surface area (Å²) >= 11 is 0. The third kappa shape index (κ3) is 3.84. The topological polar surface area (TPSA) is 68.0 Å². The lowest BCUT2D eigenvalue weighted by atomic mass is 10.1. The van der Waals surface area contributed by atoms with Gasteiger partial charge in [0.2, 0.25) is 0 Å². The molecule has 31 heavy (non-hydrogen) atoms. The minimum atomic E-state index is -0.000976. The molecule has 0 atom stereocenters. The molecule has 0 amide bonds. The predicted molar refractivity (Wildman–Crippen MR) is 123 cm³/mol. The van der Waals surface area contributed by atoms with Gasteiger partial charge in [-0.05, 0) is 75.8 Å². The molecule has 0 bridgehead atoms. The van der Waals surface area contributed by atoms with Crippen LogP contribution < -0.4 is 11.0 Å². The molecule has 1 N–H and O–H groups in total. The van der Waals surface area contributed by atoms with Crippen molar-refractivity contribution in [3.05, 3.63) is 77.2 Å². The van der Waals surface area contributed by atoms with Gasteiger partial charge in [0, 0.05) is 29.5 Å². The molecule has 2 aromatic heterocycles. The zero-order valence-corrected chi connectivity index (χ0v) is 17.8. The van der Waals surface area contributed by atoms with Gasteiger partial charge >= 0.3 is 5.69 Å². The summed E-state index contributed by atoms with van der Waals surface area (Å²) in [4.78, 5) is 24.3. The number of hydrogen-bond acceptors (Lipinski definition) is 5. The van der Waals surface area contributed by atoms with E-state index in [0.717, 1.165) is 54.0 Å². The molecule has 2 aromatic carbocycles. The number of benzene rings is 2. The van der Waals surface area contributed by atoms with Gasteiger partial charge in [-0.1, -0.05) is 12.1 Å². The van der Waals surface area contributed by atoms with Gasteiger partial charge in [-0.3, -0.25) is 9.13 Å². The van der Waals surface area contributed by atoms with E-state index < -0.39 is 0 Å². The lowest BCUT2D eigenvalue weighted by Crippen LogP contribution is -2.35. The van der Waals surface area contributed by atoms with Crippen LogP contribution >= 0.6 is 0 Å². The monoisotopic (exact) mass is 414 g/mol. The van der Waals surface area contributed by atoms with Gasteiger partial charge in [0.25, 0.3) is 0 Å². The Morgan fingerprint density at radius 2 is 1.87 bits per heavy atom. The van der Waals surface area contributed by atoms with Gasteiger partial charge in [-0.2, -0.15) is 0 Å². The molecule has 1 aliphatic rings. The Balaban J connectivity index is 1.51. The molecule has 0 spiro atoms. The fourth-order valence-corrected chi connectivity index (χ4v) is 4.29. The Morgan fingerprint density at radius 3 is 2.68 bits per heavy atom. The number of aromatic nitrogens is 4. The zero-order chi connectivity index (χ0) is 21.4. The number of rotatable bonds is 4. The zero-order valence-electron chi connectivity index (χ0n) is 17.8. The van der Waals surface area contributed by atoms with E-state index in [0.29, 0.717) is 0 Å². The van der Waals surface area contributed by atoms with Crippen LogP contribution in [-0.2, 0) is 0 Å². The number of fused-ring (bicyclic) bond motifs is 1. The van der Waals surface area contributed by atoms with Crippen molar-refractivity contribution in [1.82, 2.24) is 24.0 Å². The molecule has 4 aromatic rings. The van der Waals surface area contributed by atoms with Gasteiger partial charge in [0.05, 0.1) is 11.2 Å². The van der Waals surface area contributed by atoms with Gasteiger partial charge in [0.1, 0.15) is 12.1 Å². The first kappa shape index (κ1) is 19.5. The van der Waals surface area contributed by atoms with E-state index in [4.69, 9.17) is 0 Å². The van der Waals surface area contributed by atoms with Crippen molar-refractivity contribution in [2.24, 2.45) is 0 Å². The Bertz CT molecular complexity index is 1280. The van der Waals surface area contributed by atoms with Crippen molar-refractivity contribution in [2.45, 2.75) is 25.8 Å². The van der Waals surface area contributed by atoms with Crippen molar-refractivity contribution < 1.29 is 0 Å². The van der Waals surface area contributed by atoms with E-state index in [9.17, 15) is 4.79 Å². The van der Waals surface area contributed by atoms with E-state index in [-0.39, 0.29) is 11.7 Å². The fourth-order valence-electron chi connectivity index (χ4n) is 4.29. The SMILES string of the molecule is Cc1cccc(Nc2ncnc3ccc(-n4ccn(C5CCN(C)CC5)c4=O)cc23)c1. The van der Waals surface area contributed by atoms with Crippen molar-refractivity contribution in [3.8, 4) is 5.69 Å². The molecule has 158 valence electrons. The second-order valence-corrected chi connectivity index (χ2v) is 8.31. The number of imidazole rings is 1. The maximum absolute atomic E-state index is 13.2. The van der Waals surface area contributed by atoms with Gasteiger partial charge < -0.3 is 10.2 Å². The van der Waals surface area contributed by atoms with Crippen molar-refractivity contribution in [2.75, 3.05) is 25.5 Å². The van der Waals surface area contributed by atoms with Gasteiger partial charge in [0.15, 0.2) is 0 Å². The van der Waals surface area contributed by atoms with E-state index in [1.54, 1.807) is 10.9 Å². The highest BCUT2D eigenvalue weighted by atomic mass is 16.1. The van der Waals surface area contributed by atoms with Crippen LogP contribution in [0.3, 0.4) is 0 Å². The quantitative estimate of drug-likeness (QED) is 0.549. The van der Waals surface area contributed by atoms with Crippen molar-refractivity contribution in [1.29, 1.82) is 0 Å². The average Bonchev–Trinajstić information content (AvgIpc) is 3.16. The second-order valence-electron chi connectivity index (χ2n) is 8.31. The highest BCUT2D eigenvalue weighted by Crippen LogP contribution is 2.26. The summed E-state index contributed by atoms with van der Waals surface area (Å²) in [5, 5.41) is 4.27. The van der Waals surface area contributed by atoms with Crippen LogP contribution in [0.1, 0.15) is 24.4 Å². The summed E-state index contributed by atoms with van der Waals surface area (Å²) in [6, 6.07) is 14.3. The van der Waals surface area contributed by atoms with Crippen LogP contribution in [0.4, 0.5) is 11.5 Å². The number of aryl methyl sites for hydroxylation is 1. The number of piperidine rings is 1. The Kier molecular flexibility index (Phi) is 5.03. The minimum absolute atomic E-state index is 0.000976. The Hall–Kier alpha value is -3.45. The molecule has 0 unspecified atom stereocenters. The molecule has 7 heteroatoms. The average molecular weight is 415 g/mol. The van der Waals surface area contributed by atoms with Crippen molar-refractivity contribution in [3.63, 3.8) is 0 Å². The van der Waals surface area contributed by atoms with E-state index in [1.807, 2.05) is 47.3 Å². The van der Waals surface area contributed by atoms with Crippen LogP contribution in [0.25, 0.3) is 16.6 Å². The van der Waals surface area contributed by atoms with Crippen LogP contribution in [0, 0.1) is 6.92 Å². The highest BCUT2D eigenvalue weighted by molar-refractivity contribution is 5.92. The molecule has 1 saturated heterocycles. The number of anilines is 2.